The van der Waals surface area contributed by atoms with Gasteiger partial charge in [-0.25, -0.2) is 4.72 Å². The zero-order valence-electron chi connectivity index (χ0n) is 32.2. The van der Waals surface area contributed by atoms with E-state index in [2.05, 4.69) is 27.6 Å². The standard InChI is InChI=1S/C43H49ClN6O5S/c1-47(2)56(53,54)46-41(51)32-13-18-37-38(25-32)49(40(31-11-16-36(55-3)17-12-31)39(37)30-7-5-4-6-8-30)28-43(21-22-43)42(52)48-23-19-35(20-24-48)50-27-33(26-45-50)29-9-14-34(44)15-10-29/h9-18,25-27,30,35H,4-8,19-24,28H2,1-3H3,(H,46,51). The van der Waals surface area contributed by atoms with Crippen LogP contribution < -0.4 is 9.46 Å². The number of piperidine rings is 1. The van der Waals surface area contributed by atoms with E-state index in [1.54, 1.807) is 13.2 Å². The van der Waals surface area contributed by atoms with Gasteiger partial charge in [0.05, 0.1) is 30.5 Å². The highest BCUT2D eigenvalue weighted by Gasteiger charge is 2.53. The van der Waals surface area contributed by atoms with Gasteiger partial charge in [0.2, 0.25) is 5.91 Å². The predicted molar refractivity (Wildman–Crippen MR) is 219 cm³/mol. The lowest BCUT2D eigenvalue weighted by atomic mass is 9.81. The Kier molecular flexibility index (Phi) is 10.5. The van der Waals surface area contributed by atoms with Crippen LogP contribution in [0.2, 0.25) is 5.02 Å². The van der Waals surface area contributed by atoms with Crippen LogP contribution in [0.1, 0.15) is 85.7 Å². The summed E-state index contributed by atoms with van der Waals surface area (Å²) in [6, 6.07) is 21.5. The molecule has 0 atom stereocenters. The van der Waals surface area contributed by atoms with Crippen molar-refractivity contribution in [3.63, 3.8) is 0 Å². The second kappa shape index (κ2) is 15.4. The number of halogens is 1. The maximum absolute atomic E-state index is 14.6. The maximum atomic E-state index is 14.6. The summed E-state index contributed by atoms with van der Waals surface area (Å²) in [6.07, 6.45) is 12.7. The largest absolute Gasteiger partial charge is 0.497 e. The van der Waals surface area contributed by atoms with Crippen LogP contribution in [-0.4, -0.2) is 78.1 Å². The molecular formula is C43H49ClN6O5S. The minimum Gasteiger partial charge on any atom is -0.497 e. The van der Waals surface area contributed by atoms with Crippen molar-refractivity contribution in [1.82, 2.24) is 28.3 Å². The van der Waals surface area contributed by atoms with Crippen LogP contribution in [0.25, 0.3) is 33.3 Å². The lowest BCUT2D eigenvalue weighted by Crippen LogP contribution is -2.44. The minimum atomic E-state index is -4.00. The van der Waals surface area contributed by atoms with Crippen LogP contribution in [0.15, 0.2) is 79.1 Å². The Hall–Kier alpha value is -4.65. The lowest BCUT2D eigenvalue weighted by molar-refractivity contribution is -0.139. The van der Waals surface area contributed by atoms with Gasteiger partial charge in [-0.3, -0.25) is 14.3 Å². The van der Waals surface area contributed by atoms with Crippen LogP contribution in [0, 0.1) is 5.41 Å². The summed E-state index contributed by atoms with van der Waals surface area (Å²) in [4.78, 5) is 30.2. The topological polar surface area (TPSA) is 119 Å². The SMILES string of the molecule is COc1ccc(-c2c(C3CCCCC3)c3ccc(C(=O)NS(=O)(=O)N(C)C)cc3n2CC2(C(=O)N3CCC(n4cc(-c5ccc(Cl)cc5)cn4)CC3)CC2)cc1. The molecule has 0 bridgehead atoms. The smallest absolute Gasteiger partial charge is 0.303 e. The molecule has 3 aromatic carbocycles. The molecule has 2 aromatic heterocycles. The number of carbonyl (C=O) groups is 2. The Morgan fingerprint density at radius 1 is 0.911 bits per heavy atom. The normalized spacial score (nSPS) is 17.7. The van der Waals surface area contributed by atoms with Crippen molar-refractivity contribution in [3.8, 4) is 28.1 Å². The molecule has 2 aliphatic carbocycles. The van der Waals surface area contributed by atoms with Gasteiger partial charge in [0.15, 0.2) is 0 Å². The molecule has 0 spiro atoms. The average Bonchev–Trinajstić information content (AvgIpc) is 3.70. The second-order valence-electron chi connectivity index (χ2n) is 15.9. The molecule has 3 aliphatic rings. The molecule has 3 fully saturated rings. The molecule has 11 nitrogen and oxygen atoms in total. The number of nitrogens with zero attached hydrogens (tertiary/aromatic N) is 5. The minimum absolute atomic E-state index is 0.172. The first kappa shape index (κ1) is 38.2. The Bertz CT molecular complexity index is 2350. The van der Waals surface area contributed by atoms with Crippen molar-refractivity contribution >= 4 is 44.5 Å². The van der Waals surface area contributed by atoms with E-state index in [1.165, 1.54) is 26.1 Å². The van der Waals surface area contributed by atoms with E-state index in [9.17, 15) is 18.0 Å². The molecule has 294 valence electrons. The van der Waals surface area contributed by atoms with Crippen LogP contribution >= 0.6 is 11.6 Å². The van der Waals surface area contributed by atoms with Crippen LogP contribution in [0.5, 0.6) is 5.75 Å². The Labute approximate surface area is 333 Å². The summed E-state index contributed by atoms with van der Waals surface area (Å²) in [5.74, 6) is 0.540. The number of hydrogen-bond acceptors (Lipinski definition) is 6. The average molecular weight is 797 g/mol. The van der Waals surface area contributed by atoms with Gasteiger partial charge in [-0.15, -0.1) is 0 Å². The van der Waals surface area contributed by atoms with Crippen molar-refractivity contribution < 1.29 is 22.7 Å². The van der Waals surface area contributed by atoms with Crippen LogP contribution in [0.4, 0.5) is 0 Å². The molecule has 1 aliphatic heterocycles. The summed E-state index contributed by atoms with van der Waals surface area (Å²) in [6.45, 7) is 1.76. The first-order valence-corrected chi connectivity index (χ1v) is 21.4. The van der Waals surface area contributed by atoms with Crippen LogP contribution in [0.3, 0.4) is 0 Å². The maximum Gasteiger partial charge on any atom is 0.303 e. The van der Waals surface area contributed by atoms with Crippen molar-refractivity contribution in [1.29, 1.82) is 0 Å². The van der Waals surface area contributed by atoms with E-state index in [0.29, 0.717) is 30.6 Å². The van der Waals surface area contributed by atoms with Gasteiger partial charge >= 0.3 is 10.2 Å². The number of aromatic nitrogens is 3. The molecule has 2 amide bonds. The van der Waals surface area contributed by atoms with Gasteiger partial charge in [-0.1, -0.05) is 49.1 Å². The number of nitrogens with one attached hydrogen (secondary N) is 1. The Morgan fingerprint density at radius 2 is 1.59 bits per heavy atom. The molecule has 8 rings (SSSR count). The van der Waals surface area contributed by atoms with Crippen molar-refractivity contribution in [3.05, 3.63) is 95.3 Å². The summed E-state index contributed by atoms with van der Waals surface area (Å²) >= 11 is 6.10. The number of amides is 2. The lowest BCUT2D eigenvalue weighted by Gasteiger charge is -2.35. The highest BCUT2D eigenvalue weighted by atomic mass is 35.5. The number of likely N-dealkylation sites (tertiary alicyclic amines) is 1. The van der Waals surface area contributed by atoms with Crippen molar-refractivity contribution in [2.24, 2.45) is 5.41 Å². The fourth-order valence-corrected chi connectivity index (χ4v) is 9.37. The highest BCUT2D eigenvalue weighted by molar-refractivity contribution is 7.87. The predicted octanol–water partition coefficient (Wildman–Crippen LogP) is 8.06. The summed E-state index contributed by atoms with van der Waals surface area (Å²) in [7, 11) is 0.416. The first-order chi connectivity index (χ1) is 27.0. The molecule has 0 unspecified atom stereocenters. The van der Waals surface area contributed by atoms with E-state index in [0.717, 1.165) is 94.7 Å². The fraction of sp³-hybridized carbons (Fsp3) is 0.419. The third kappa shape index (κ3) is 7.46. The van der Waals surface area contributed by atoms with Gasteiger partial charge in [-0.05, 0) is 110 Å². The first-order valence-electron chi connectivity index (χ1n) is 19.6. The monoisotopic (exact) mass is 796 g/mol. The molecule has 3 heterocycles. The van der Waals surface area contributed by atoms with Gasteiger partial charge < -0.3 is 14.2 Å². The number of fused-ring (bicyclic) bond motifs is 1. The molecule has 5 aromatic rings. The van der Waals surface area contributed by atoms with Crippen molar-refractivity contribution in [2.45, 2.75) is 76.3 Å². The number of hydrogen-bond donors (Lipinski definition) is 1. The highest BCUT2D eigenvalue weighted by Crippen LogP contribution is 2.52. The van der Waals surface area contributed by atoms with Gasteiger partial charge in [-0.2, -0.15) is 17.8 Å². The molecule has 2 saturated carbocycles. The Morgan fingerprint density at radius 3 is 2.23 bits per heavy atom. The van der Waals surface area contributed by atoms with Gasteiger partial charge in [0, 0.05) is 67.0 Å². The van der Waals surface area contributed by atoms with E-state index < -0.39 is 21.5 Å². The number of ether oxygens (including phenoxy) is 1. The summed E-state index contributed by atoms with van der Waals surface area (Å²) in [5.41, 5.74) is 5.91. The zero-order valence-corrected chi connectivity index (χ0v) is 33.8. The summed E-state index contributed by atoms with van der Waals surface area (Å²) < 4.78 is 38.3. The molecule has 56 heavy (non-hydrogen) atoms. The number of rotatable bonds is 11. The van der Waals surface area contributed by atoms with E-state index in [1.807, 2.05) is 64.3 Å². The fourth-order valence-electron chi connectivity index (χ4n) is 8.70. The van der Waals surface area contributed by atoms with E-state index in [4.69, 9.17) is 21.4 Å². The third-order valence-corrected chi connectivity index (χ3v) is 13.8. The van der Waals surface area contributed by atoms with Crippen LogP contribution in [-0.2, 0) is 21.5 Å². The zero-order chi connectivity index (χ0) is 39.2. The molecular weight excluding hydrogens is 748 g/mol. The van der Waals surface area contributed by atoms with E-state index >= 15 is 0 Å². The van der Waals surface area contributed by atoms with Gasteiger partial charge in [0.25, 0.3) is 5.91 Å². The van der Waals surface area contributed by atoms with E-state index in [-0.39, 0.29) is 17.5 Å². The molecule has 1 saturated heterocycles. The van der Waals surface area contributed by atoms with Crippen molar-refractivity contribution in [2.75, 3.05) is 34.3 Å². The summed E-state index contributed by atoms with van der Waals surface area (Å²) in [5, 5.41) is 6.43. The van der Waals surface area contributed by atoms with Gasteiger partial charge in [0.1, 0.15) is 5.75 Å². The number of benzene rings is 3. The molecule has 0 radical (unpaired) electrons. The molecule has 1 N–H and O–H groups in total. The quantitative estimate of drug-likeness (QED) is 0.145. The molecule has 13 heteroatoms. The third-order valence-electron chi connectivity index (χ3n) is 12.1. The Balaban J connectivity index is 1.12. The second-order valence-corrected chi connectivity index (χ2v) is 18.2. The number of methoxy groups -OCH3 is 1. The number of carbonyl (C=O) groups excluding carboxylic acids is 2.